The Labute approximate surface area is 325 Å². The predicted octanol–water partition coefficient (Wildman–Crippen LogP) is 0.338. The lowest BCUT2D eigenvalue weighted by Gasteiger charge is -2.66. The Morgan fingerprint density at radius 1 is 0.895 bits per heavy atom. The molecule has 0 amide bonds. The number of rotatable bonds is 6. The van der Waals surface area contributed by atoms with Gasteiger partial charge in [-0.3, -0.25) is 24.2 Å². The Balaban J connectivity index is 1.70. The summed E-state index contributed by atoms with van der Waals surface area (Å²) in [5.41, 5.74) is -13.2. The first-order valence-electron chi connectivity index (χ1n) is 18.1. The SMILES string of the molecule is CC(=O)OCC12C(OC(C)=O)C(=O)C3C(O)C14OC3(C)COC(=O)c1cccnc1CCC(C)(O)C(=O)OC(C(OC(=O)c1ccccc1)C2OC(C)=O)C4(C)O. The molecule has 4 bridgehead atoms. The van der Waals surface area contributed by atoms with Crippen molar-refractivity contribution in [2.45, 2.75) is 107 Å². The molecule has 57 heavy (non-hydrogen) atoms. The quantitative estimate of drug-likeness (QED) is 0.263. The molecule has 1 saturated heterocycles. The third kappa shape index (κ3) is 6.53. The Kier molecular flexibility index (Phi) is 10.6. The number of carbonyl (C=O) groups excluding carboxylic acids is 7. The fourth-order valence-electron chi connectivity index (χ4n) is 8.89. The lowest BCUT2D eigenvalue weighted by Crippen LogP contribution is -2.88. The number of esters is 6. The molecule has 306 valence electrons. The Morgan fingerprint density at radius 3 is 2.19 bits per heavy atom. The number of hydrogen-bond donors (Lipinski definition) is 3. The maximum atomic E-state index is 15.0. The van der Waals surface area contributed by atoms with Crippen molar-refractivity contribution in [3.63, 3.8) is 0 Å². The number of nitrogens with zero attached hydrogens (tertiary/aromatic N) is 1. The molecule has 3 heterocycles. The summed E-state index contributed by atoms with van der Waals surface area (Å²) in [6, 6.07) is 10.1. The Morgan fingerprint density at radius 2 is 1.56 bits per heavy atom. The fourth-order valence-corrected chi connectivity index (χ4v) is 8.89. The minimum atomic E-state index is -2.94. The molecule has 6 rings (SSSR count). The molecule has 1 aromatic carbocycles. The smallest absolute Gasteiger partial charge is 0.340 e. The number of pyridine rings is 1. The van der Waals surface area contributed by atoms with E-state index in [4.69, 9.17) is 33.2 Å². The molecule has 2 aliphatic carbocycles. The number of aryl methyl sites for hydroxylation is 1. The number of hydrogen-bond acceptors (Lipinski definition) is 18. The Hall–Kier alpha value is -5.30. The maximum Gasteiger partial charge on any atom is 0.340 e. The van der Waals surface area contributed by atoms with Crippen molar-refractivity contribution in [3.05, 3.63) is 65.5 Å². The van der Waals surface area contributed by atoms with Crippen LogP contribution in [-0.4, -0.2) is 128 Å². The van der Waals surface area contributed by atoms with E-state index in [0.717, 1.165) is 34.6 Å². The Bertz CT molecular complexity index is 2000. The van der Waals surface area contributed by atoms with Crippen LogP contribution >= 0.6 is 0 Å². The zero-order valence-electron chi connectivity index (χ0n) is 31.9. The van der Waals surface area contributed by atoms with Gasteiger partial charge in [-0.05, 0) is 57.9 Å². The summed E-state index contributed by atoms with van der Waals surface area (Å²) in [6.45, 7) is 4.22. The van der Waals surface area contributed by atoms with Gasteiger partial charge in [-0.15, -0.1) is 0 Å². The number of carbonyl (C=O) groups is 7. The monoisotopic (exact) mass is 797 g/mol. The normalized spacial score (nSPS) is 37.3. The van der Waals surface area contributed by atoms with E-state index in [1.807, 2.05) is 0 Å². The first-order valence-corrected chi connectivity index (χ1v) is 18.1. The number of fused-ring (bicyclic) bond motifs is 5. The molecule has 3 fully saturated rings. The third-order valence-corrected chi connectivity index (χ3v) is 11.4. The zero-order valence-corrected chi connectivity index (χ0v) is 31.9. The van der Waals surface area contributed by atoms with Crippen molar-refractivity contribution in [2.24, 2.45) is 11.3 Å². The second-order valence-electron chi connectivity index (χ2n) is 15.4. The standard InChI is InChI=1S/C39H43NO17/c1-19(41)51-18-38-29(53-20(2)42)26(44)25-28(45)39(38)37(6,50)30(27(31(38)54-21(3)43)55-32(46)22-11-8-7-9-12-22)56-34(48)35(4,49)15-14-24-23(13-10-16-40-24)33(47)52-17-36(25,5)57-39/h7-13,16,25,27-31,45,49-50H,14-15,17-18H2,1-6H3. The summed E-state index contributed by atoms with van der Waals surface area (Å²) in [7, 11) is 0. The molecule has 2 aromatic rings. The first kappa shape index (κ1) is 41.3. The van der Waals surface area contributed by atoms with Crippen molar-refractivity contribution in [1.29, 1.82) is 0 Å². The van der Waals surface area contributed by atoms with Crippen LogP contribution in [0.5, 0.6) is 0 Å². The molecule has 4 aliphatic rings. The number of aliphatic hydroxyl groups is 3. The van der Waals surface area contributed by atoms with E-state index in [1.54, 1.807) is 6.07 Å². The summed E-state index contributed by atoms with van der Waals surface area (Å²) in [6.07, 6.45) is -10.4. The largest absolute Gasteiger partial charge is 0.465 e. The van der Waals surface area contributed by atoms with Crippen molar-refractivity contribution in [2.75, 3.05) is 13.2 Å². The fraction of sp³-hybridized carbons (Fsp3) is 0.538. The van der Waals surface area contributed by atoms with E-state index in [0.29, 0.717) is 0 Å². The van der Waals surface area contributed by atoms with Gasteiger partial charge in [0, 0.05) is 27.0 Å². The van der Waals surface area contributed by atoms with Crippen LogP contribution in [0.2, 0.25) is 0 Å². The summed E-state index contributed by atoms with van der Waals surface area (Å²) in [5, 5.41) is 37.4. The van der Waals surface area contributed by atoms with Crippen LogP contribution in [0.3, 0.4) is 0 Å². The molecule has 2 saturated carbocycles. The minimum Gasteiger partial charge on any atom is -0.465 e. The first-order chi connectivity index (χ1) is 26.6. The van der Waals surface area contributed by atoms with Gasteiger partial charge in [0.1, 0.15) is 35.4 Å². The van der Waals surface area contributed by atoms with Crippen molar-refractivity contribution >= 4 is 41.6 Å². The number of benzene rings is 1. The van der Waals surface area contributed by atoms with E-state index in [1.165, 1.54) is 49.5 Å². The topological polar surface area (TPSA) is 258 Å². The maximum absolute atomic E-state index is 15.0. The van der Waals surface area contributed by atoms with Gasteiger partial charge in [0.05, 0.1) is 28.8 Å². The third-order valence-electron chi connectivity index (χ3n) is 11.4. The predicted molar refractivity (Wildman–Crippen MR) is 187 cm³/mol. The molecule has 18 nitrogen and oxygen atoms in total. The number of aliphatic hydroxyl groups excluding tert-OH is 1. The highest BCUT2D eigenvalue weighted by Crippen LogP contribution is 2.68. The van der Waals surface area contributed by atoms with Gasteiger partial charge in [0.15, 0.2) is 35.8 Å². The molecule has 3 N–H and O–H groups in total. The van der Waals surface area contributed by atoms with Gasteiger partial charge in [-0.2, -0.15) is 0 Å². The number of aromatic nitrogens is 1. The van der Waals surface area contributed by atoms with Gasteiger partial charge >= 0.3 is 35.8 Å². The van der Waals surface area contributed by atoms with Crippen LogP contribution in [0.25, 0.3) is 0 Å². The van der Waals surface area contributed by atoms with Crippen LogP contribution in [0.4, 0.5) is 0 Å². The minimum absolute atomic E-state index is 0.0818. The number of ether oxygens (including phenoxy) is 7. The van der Waals surface area contributed by atoms with Gasteiger partial charge in [-0.25, -0.2) is 14.4 Å². The zero-order chi connectivity index (χ0) is 41.9. The lowest BCUT2D eigenvalue weighted by molar-refractivity contribution is -0.376. The number of cyclic esters (lactones) is 1. The highest BCUT2D eigenvalue weighted by molar-refractivity contribution is 5.94. The number of Topliss-reactive ketones (excluding diaryl/α,β-unsaturated/α-hetero) is 1. The van der Waals surface area contributed by atoms with E-state index < -0.39 is 125 Å². The molecule has 0 radical (unpaired) electrons. The van der Waals surface area contributed by atoms with Crippen LogP contribution in [0.15, 0.2) is 48.7 Å². The summed E-state index contributed by atoms with van der Waals surface area (Å²) < 4.78 is 41.3. The van der Waals surface area contributed by atoms with E-state index in [9.17, 15) is 48.9 Å². The summed E-state index contributed by atoms with van der Waals surface area (Å²) in [4.78, 5) is 99.7. The van der Waals surface area contributed by atoms with Crippen LogP contribution < -0.4 is 0 Å². The molecule has 2 aliphatic heterocycles. The molecular weight excluding hydrogens is 754 g/mol. The molecule has 1 aromatic heterocycles. The molecule has 18 heteroatoms. The molecule has 11 atom stereocenters. The summed E-state index contributed by atoms with van der Waals surface area (Å²) >= 11 is 0. The average molecular weight is 798 g/mol. The molecule has 1 spiro atoms. The van der Waals surface area contributed by atoms with Crippen LogP contribution in [-0.2, 0) is 63.6 Å². The summed E-state index contributed by atoms with van der Waals surface area (Å²) in [5.74, 6) is -9.73. The van der Waals surface area contributed by atoms with Crippen molar-refractivity contribution in [3.8, 4) is 0 Å². The lowest BCUT2D eigenvalue weighted by atomic mass is 9.45. The van der Waals surface area contributed by atoms with Gasteiger partial charge < -0.3 is 48.5 Å². The molecule has 11 unspecified atom stereocenters. The van der Waals surface area contributed by atoms with Gasteiger partial charge in [-0.1, -0.05) is 18.2 Å². The van der Waals surface area contributed by atoms with Crippen molar-refractivity contribution < 1.29 is 82.0 Å². The average Bonchev–Trinajstić information content (AvgIpc) is 3.35. The van der Waals surface area contributed by atoms with E-state index >= 15 is 0 Å². The second-order valence-corrected chi connectivity index (χ2v) is 15.4. The molecular formula is C39H43NO17. The second kappa shape index (κ2) is 14.6. The van der Waals surface area contributed by atoms with Crippen molar-refractivity contribution in [1.82, 2.24) is 4.98 Å². The highest BCUT2D eigenvalue weighted by Gasteiger charge is 2.90. The van der Waals surface area contributed by atoms with E-state index in [-0.39, 0.29) is 23.2 Å². The van der Waals surface area contributed by atoms with Gasteiger partial charge in [0.2, 0.25) is 0 Å². The van der Waals surface area contributed by atoms with Gasteiger partial charge in [0.25, 0.3) is 0 Å². The van der Waals surface area contributed by atoms with E-state index in [2.05, 4.69) is 4.98 Å². The number of ketones is 1. The van der Waals surface area contributed by atoms with Crippen LogP contribution in [0, 0.1) is 11.3 Å². The highest BCUT2D eigenvalue weighted by atomic mass is 16.7. The van der Waals surface area contributed by atoms with Crippen LogP contribution in [0.1, 0.15) is 74.4 Å².